The third kappa shape index (κ3) is 9.35. The Hall–Kier alpha value is -1.59. The molecule has 0 aromatic rings. The fourth-order valence-electron chi connectivity index (χ4n) is 1.31. The SMILES string of the molecule is CCCC(=O)OCC(COC(=O)CCC)OC(=O)CC. The first-order valence-electron chi connectivity index (χ1n) is 7.04. The fourth-order valence-corrected chi connectivity index (χ4v) is 1.31. The first-order chi connectivity index (χ1) is 9.53. The molecule has 20 heavy (non-hydrogen) atoms. The summed E-state index contributed by atoms with van der Waals surface area (Å²) in [5.41, 5.74) is 0. The van der Waals surface area contributed by atoms with Crippen LogP contribution in [0.4, 0.5) is 0 Å². The summed E-state index contributed by atoms with van der Waals surface area (Å²) in [6.45, 7) is 5.20. The van der Waals surface area contributed by atoms with Crippen molar-refractivity contribution in [3.63, 3.8) is 0 Å². The summed E-state index contributed by atoms with van der Waals surface area (Å²) in [6, 6.07) is 0. The summed E-state index contributed by atoms with van der Waals surface area (Å²) >= 11 is 0. The van der Waals surface area contributed by atoms with Crippen LogP contribution in [0.3, 0.4) is 0 Å². The zero-order valence-corrected chi connectivity index (χ0v) is 12.5. The molecule has 0 N–H and O–H groups in total. The standard InChI is InChI=1S/C14H24O6/c1-4-7-13(16)18-9-11(20-12(15)6-3)10-19-14(17)8-5-2/h11H,4-10H2,1-3H3. The Balaban J connectivity index is 4.22. The molecule has 116 valence electrons. The van der Waals surface area contributed by atoms with E-state index in [1.54, 1.807) is 6.92 Å². The average Bonchev–Trinajstić information content (AvgIpc) is 2.42. The fraction of sp³-hybridized carbons (Fsp3) is 0.786. The molecular formula is C14H24O6. The molecule has 0 atom stereocenters. The van der Waals surface area contributed by atoms with Gasteiger partial charge in [0.2, 0.25) is 0 Å². The summed E-state index contributed by atoms with van der Waals surface area (Å²) < 4.78 is 15.0. The van der Waals surface area contributed by atoms with Crippen molar-refractivity contribution in [1.82, 2.24) is 0 Å². The number of rotatable bonds is 10. The van der Waals surface area contributed by atoms with Gasteiger partial charge in [-0.05, 0) is 12.8 Å². The molecular weight excluding hydrogens is 264 g/mol. The second kappa shape index (κ2) is 11.3. The summed E-state index contributed by atoms with van der Waals surface area (Å²) in [5, 5.41) is 0. The molecule has 0 aliphatic carbocycles. The molecule has 0 spiro atoms. The van der Waals surface area contributed by atoms with Crippen LogP contribution in [0.5, 0.6) is 0 Å². The number of hydrogen-bond acceptors (Lipinski definition) is 6. The molecule has 6 heteroatoms. The molecule has 0 rings (SSSR count). The third-order valence-electron chi connectivity index (χ3n) is 2.36. The van der Waals surface area contributed by atoms with Crippen molar-refractivity contribution in [2.75, 3.05) is 13.2 Å². The lowest BCUT2D eigenvalue weighted by atomic mass is 10.3. The summed E-state index contributed by atoms with van der Waals surface area (Å²) in [6.07, 6.45) is 1.45. The van der Waals surface area contributed by atoms with Gasteiger partial charge in [0.1, 0.15) is 13.2 Å². The van der Waals surface area contributed by atoms with Crippen molar-refractivity contribution in [3.8, 4) is 0 Å². The van der Waals surface area contributed by atoms with Crippen LogP contribution in [-0.2, 0) is 28.6 Å². The van der Waals surface area contributed by atoms with E-state index in [-0.39, 0.29) is 31.6 Å². The highest BCUT2D eigenvalue weighted by Crippen LogP contribution is 2.02. The average molecular weight is 288 g/mol. The number of carbonyl (C=O) groups is 3. The molecule has 0 aliphatic rings. The molecule has 0 aliphatic heterocycles. The maximum absolute atomic E-state index is 11.3. The largest absolute Gasteiger partial charge is 0.462 e. The Morgan fingerprint density at radius 2 is 1.25 bits per heavy atom. The van der Waals surface area contributed by atoms with Gasteiger partial charge >= 0.3 is 17.9 Å². The lowest BCUT2D eigenvalue weighted by Gasteiger charge is -2.17. The minimum absolute atomic E-state index is 0.0933. The lowest BCUT2D eigenvalue weighted by Crippen LogP contribution is -2.30. The van der Waals surface area contributed by atoms with Gasteiger partial charge in [0.05, 0.1) is 0 Å². The van der Waals surface area contributed by atoms with Crippen LogP contribution in [-0.4, -0.2) is 37.2 Å². The summed E-state index contributed by atoms with van der Waals surface area (Å²) in [5.74, 6) is -1.14. The molecule has 0 radical (unpaired) electrons. The summed E-state index contributed by atoms with van der Waals surface area (Å²) in [4.78, 5) is 33.8. The molecule has 0 amide bonds. The molecule has 0 unspecified atom stereocenters. The van der Waals surface area contributed by atoms with E-state index >= 15 is 0 Å². The van der Waals surface area contributed by atoms with E-state index in [0.717, 1.165) is 0 Å². The molecule has 0 bridgehead atoms. The molecule has 0 aromatic heterocycles. The van der Waals surface area contributed by atoms with E-state index in [0.29, 0.717) is 25.7 Å². The molecule has 6 nitrogen and oxygen atoms in total. The zero-order chi connectivity index (χ0) is 15.4. The van der Waals surface area contributed by atoms with E-state index in [2.05, 4.69) is 0 Å². The number of ether oxygens (including phenoxy) is 3. The second-order valence-corrected chi connectivity index (χ2v) is 4.33. The predicted molar refractivity (Wildman–Crippen MR) is 71.9 cm³/mol. The first kappa shape index (κ1) is 18.4. The Bertz CT molecular complexity index is 291. The van der Waals surface area contributed by atoms with Gasteiger partial charge in [0.15, 0.2) is 6.10 Å². The van der Waals surface area contributed by atoms with Gasteiger partial charge in [0, 0.05) is 19.3 Å². The molecule has 0 aromatic carbocycles. The van der Waals surface area contributed by atoms with Crippen LogP contribution >= 0.6 is 0 Å². The van der Waals surface area contributed by atoms with Gasteiger partial charge in [-0.3, -0.25) is 14.4 Å². The molecule has 0 fully saturated rings. The molecule has 0 heterocycles. The van der Waals surface area contributed by atoms with Crippen molar-refractivity contribution in [1.29, 1.82) is 0 Å². The number of hydrogen-bond donors (Lipinski definition) is 0. The van der Waals surface area contributed by atoms with E-state index in [1.165, 1.54) is 0 Å². The van der Waals surface area contributed by atoms with Crippen molar-refractivity contribution < 1.29 is 28.6 Å². The highest BCUT2D eigenvalue weighted by Gasteiger charge is 2.18. The Labute approximate surface area is 119 Å². The van der Waals surface area contributed by atoms with Crippen molar-refractivity contribution >= 4 is 17.9 Å². The third-order valence-corrected chi connectivity index (χ3v) is 2.36. The lowest BCUT2D eigenvalue weighted by molar-refractivity contribution is -0.166. The highest BCUT2D eigenvalue weighted by atomic mass is 16.6. The summed E-state index contributed by atoms with van der Waals surface area (Å²) in [7, 11) is 0. The second-order valence-electron chi connectivity index (χ2n) is 4.33. The van der Waals surface area contributed by atoms with Gasteiger partial charge in [0.25, 0.3) is 0 Å². The van der Waals surface area contributed by atoms with Gasteiger partial charge in [-0.1, -0.05) is 20.8 Å². The van der Waals surface area contributed by atoms with E-state index in [1.807, 2.05) is 13.8 Å². The van der Waals surface area contributed by atoms with Crippen molar-refractivity contribution in [3.05, 3.63) is 0 Å². The van der Waals surface area contributed by atoms with Crippen molar-refractivity contribution in [2.45, 2.75) is 59.0 Å². The topological polar surface area (TPSA) is 78.9 Å². The number of esters is 3. The smallest absolute Gasteiger partial charge is 0.306 e. The van der Waals surface area contributed by atoms with Crippen LogP contribution in [0.15, 0.2) is 0 Å². The number of carbonyl (C=O) groups excluding carboxylic acids is 3. The van der Waals surface area contributed by atoms with E-state index in [4.69, 9.17) is 14.2 Å². The minimum Gasteiger partial charge on any atom is -0.462 e. The minimum atomic E-state index is -0.746. The van der Waals surface area contributed by atoms with E-state index in [9.17, 15) is 14.4 Å². The Morgan fingerprint density at radius 3 is 1.60 bits per heavy atom. The normalized spacial score (nSPS) is 10.2. The predicted octanol–water partition coefficient (Wildman–Crippen LogP) is 1.99. The van der Waals surface area contributed by atoms with Gasteiger partial charge in [-0.25, -0.2) is 0 Å². The quantitative estimate of drug-likeness (QED) is 0.452. The molecule has 0 saturated carbocycles. The van der Waals surface area contributed by atoms with Gasteiger partial charge in [-0.2, -0.15) is 0 Å². The Morgan fingerprint density at radius 1 is 0.800 bits per heavy atom. The van der Waals surface area contributed by atoms with Crippen LogP contribution < -0.4 is 0 Å². The monoisotopic (exact) mass is 288 g/mol. The molecule has 0 saturated heterocycles. The maximum atomic E-state index is 11.3. The van der Waals surface area contributed by atoms with Gasteiger partial charge in [-0.15, -0.1) is 0 Å². The maximum Gasteiger partial charge on any atom is 0.306 e. The van der Waals surface area contributed by atoms with Crippen LogP contribution in [0.1, 0.15) is 52.9 Å². The highest BCUT2D eigenvalue weighted by molar-refractivity contribution is 5.70. The van der Waals surface area contributed by atoms with Crippen LogP contribution in [0, 0.1) is 0 Å². The van der Waals surface area contributed by atoms with Crippen molar-refractivity contribution in [2.24, 2.45) is 0 Å². The first-order valence-corrected chi connectivity index (χ1v) is 7.04. The zero-order valence-electron chi connectivity index (χ0n) is 12.5. The van der Waals surface area contributed by atoms with Crippen LogP contribution in [0.2, 0.25) is 0 Å². The van der Waals surface area contributed by atoms with Gasteiger partial charge < -0.3 is 14.2 Å². The van der Waals surface area contributed by atoms with E-state index < -0.39 is 12.1 Å². The Kier molecular flexibility index (Phi) is 10.4. The van der Waals surface area contributed by atoms with Crippen LogP contribution in [0.25, 0.3) is 0 Å².